The average molecular weight is 287 g/mol. The second kappa shape index (κ2) is 6.60. The van der Waals surface area contributed by atoms with Crippen LogP contribution in [0, 0.1) is 5.82 Å². The Hall–Kier alpha value is -2.76. The molecule has 1 heterocycles. The van der Waals surface area contributed by atoms with Crippen LogP contribution in [0.4, 0.5) is 9.18 Å². The van der Waals surface area contributed by atoms with Crippen molar-refractivity contribution in [3.05, 3.63) is 54.1 Å². The molecule has 0 unspecified atom stereocenters. The predicted octanol–water partition coefficient (Wildman–Crippen LogP) is 2.40. The Morgan fingerprint density at radius 2 is 2.05 bits per heavy atom. The minimum atomic E-state index is -0.898. The number of primary amides is 1. The van der Waals surface area contributed by atoms with Crippen LogP contribution >= 0.6 is 0 Å². The van der Waals surface area contributed by atoms with Crippen LogP contribution in [-0.4, -0.2) is 30.4 Å². The highest BCUT2D eigenvalue weighted by Crippen LogP contribution is 2.23. The van der Waals surface area contributed by atoms with Gasteiger partial charge < -0.3 is 10.5 Å². The van der Waals surface area contributed by atoms with Crippen LogP contribution in [0.25, 0.3) is 11.1 Å². The van der Waals surface area contributed by atoms with E-state index in [4.69, 9.17) is 5.73 Å². The van der Waals surface area contributed by atoms with Crippen molar-refractivity contribution in [3.8, 4) is 11.1 Å². The third-order valence-corrected chi connectivity index (χ3v) is 2.91. The summed E-state index contributed by atoms with van der Waals surface area (Å²) in [5.41, 5.74) is 7.08. The smallest absolute Gasteiger partial charge is 0.404 e. The molecule has 0 aliphatic rings. The lowest BCUT2D eigenvalue weighted by Crippen LogP contribution is -2.19. The Bertz CT molecular complexity index is 672. The Labute approximate surface area is 121 Å². The zero-order valence-corrected chi connectivity index (χ0v) is 11.4. The summed E-state index contributed by atoms with van der Waals surface area (Å²) >= 11 is 0. The van der Waals surface area contributed by atoms with E-state index in [0.717, 1.165) is 5.56 Å². The number of amides is 1. The third kappa shape index (κ3) is 3.62. The van der Waals surface area contributed by atoms with Crippen molar-refractivity contribution in [1.82, 2.24) is 4.98 Å². The van der Waals surface area contributed by atoms with E-state index in [0.29, 0.717) is 16.8 Å². The van der Waals surface area contributed by atoms with E-state index in [1.165, 1.54) is 13.1 Å². The van der Waals surface area contributed by atoms with E-state index in [9.17, 15) is 9.18 Å². The van der Waals surface area contributed by atoms with E-state index >= 15 is 0 Å². The van der Waals surface area contributed by atoms with Crippen molar-refractivity contribution < 1.29 is 13.9 Å². The minimum absolute atomic E-state index is 0.0973. The molecule has 0 aliphatic carbocycles. The van der Waals surface area contributed by atoms with Gasteiger partial charge in [-0.3, -0.25) is 9.98 Å². The highest BCUT2D eigenvalue weighted by Gasteiger charge is 2.10. The number of rotatable bonds is 4. The highest BCUT2D eigenvalue weighted by molar-refractivity contribution is 6.02. The first-order valence-corrected chi connectivity index (χ1v) is 6.20. The summed E-state index contributed by atoms with van der Waals surface area (Å²) < 4.78 is 18.9. The Morgan fingerprint density at radius 1 is 1.33 bits per heavy atom. The maximum atomic E-state index is 14.2. The number of hydrogen-bond donors (Lipinski definition) is 1. The number of hydrogen-bond acceptors (Lipinski definition) is 4. The van der Waals surface area contributed by atoms with Gasteiger partial charge in [-0.25, -0.2) is 9.18 Å². The number of nitrogens with two attached hydrogens (primary N) is 1. The molecule has 0 fully saturated rings. The SMILES string of the molecule is CN=C(COC(N)=O)c1ccc(-c2ccncc2)c(F)c1. The topological polar surface area (TPSA) is 77.6 Å². The van der Waals surface area contributed by atoms with Crippen LogP contribution in [0.2, 0.25) is 0 Å². The molecule has 0 atom stereocenters. The van der Waals surface area contributed by atoms with Gasteiger partial charge in [0.25, 0.3) is 0 Å². The standard InChI is InChI=1S/C15H14FN3O2/c1-18-14(9-21-15(17)20)11-2-3-12(13(16)8-11)10-4-6-19-7-5-10/h2-8H,9H2,1H3,(H2,17,20). The number of aromatic nitrogens is 1. The third-order valence-electron chi connectivity index (χ3n) is 2.91. The Balaban J connectivity index is 2.28. The normalized spacial score (nSPS) is 11.2. The van der Waals surface area contributed by atoms with Crippen LogP contribution in [0.3, 0.4) is 0 Å². The van der Waals surface area contributed by atoms with Gasteiger partial charge in [-0.1, -0.05) is 12.1 Å². The van der Waals surface area contributed by atoms with E-state index < -0.39 is 6.09 Å². The molecule has 2 N–H and O–H groups in total. The first-order valence-electron chi connectivity index (χ1n) is 6.20. The fourth-order valence-electron chi connectivity index (χ4n) is 1.88. The van der Waals surface area contributed by atoms with Gasteiger partial charge in [0.05, 0.1) is 5.71 Å². The van der Waals surface area contributed by atoms with Gasteiger partial charge in [0, 0.05) is 30.6 Å². The van der Waals surface area contributed by atoms with Gasteiger partial charge in [0.15, 0.2) is 0 Å². The van der Waals surface area contributed by atoms with Crippen LogP contribution < -0.4 is 5.73 Å². The molecule has 6 heteroatoms. The molecule has 2 rings (SSSR count). The lowest BCUT2D eigenvalue weighted by atomic mass is 10.0. The quantitative estimate of drug-likeness (QED) is 0.877. The summed E-state index contributed by atoms with van der Waals surface area (Å²) in [5.74, 6) is -0.390. The maximum Gasteiger partial charge on any atom is 0.404 e. The summed E-state index contributed by atoms with van der Waals surface area (Å²) in [6, 6.07) is 8.16. The number of nitrogens with zero attached hydrogens (tertiary/aromatic N) is 2. The predicted molar refractivity (Wildman–Crippen MR) is 77.6 cm³/mol. The van der Waals surface area contributed by atoms with Crippen molar-refractivity contribution in [3.63, 3.8) is 0 Å². The Kier molecular flexibility index (Phi) is 4.61. The van der Waals surface area contributed by atoms with Crippen molar-refractivity contribution in [2.45, 2.75) is 0 Å². The van der Waals surface area contributed by atoms with Crippen LogP contribution in [-0.2, 0) is 4.74 Å². The molecule has 0 radical (unpaired) electrons. The first-order chi connectivity index (χ1) is 10.1. The summed E-state index contributed by atoms with van der Waals surface area (Å²) in [7, 11) is 1.54. The van der Waals surface area contributed by atoms with Gasteiger partial charge >= 0.3 is 6.09 Å². The monoisotopic (exact) mass is 287 g/mol. The van der Waals surface area contributed by atoms with E-state index in [1.54, 1.807) is 36.7 Å². The molecule has 1 aromatic carbocycles. The Morgan fingerprint density at radius 3 is 2.62 bits per heavy atom. The number of carbonyl (C=O) groups excluding carboxylic acids is 1. The molecular formula is C15H14FN3O2. The lowest BCUT2D eigenvalue weighted by molar-refractivity contribution is 0.173. The largest absolute Gasteiger partial charge is 0.443 e. The molecule has 0 aliphatic heterocycles. The van der Waals surface area contributed by atoms with Crippen LogP contribution in [0.1, 0.15) is 5.56 Å². The molecule has 21 heavy (non-hydrogen) atoms. The number of halogens is 1. The summed E-state index contributed by atoms with van der Waals surface area (Å²) in [6.45, 7) is -0.0973. The van der Waals surface area contributed by atoms with Gasteiger partial charge in [-0.2, -0.15) is 0 Å². The van der Waals surface area contributed by atoms with Crippen molar-refractivity contribution in [1.29, 1.82) is 0 Å². The van der Waals surface area contributed by atoms with Crippen LogP contribution in [0.5, 0.6) is 0 Å². The number of carbonyl (C=O) groups is 1. The second-order valence-corrected chi connectivity index (χ2v) is 4.21. The van der Waals surface area contributed by atoms with Crippen LogP contribution in [0.15, 0.2) is 47.7 Å². The number of ether oxygens (including phenoxy) is 1. The maximum absolute atomic E-state index is 14.2. The van der Waals surface area contributed by atoms with Gasteiger partial charge in [-0.15, -0.1) is 0 Å². The summed E-state index contributed by atoms with van der Waals surface area (Å²) in [4.78, 5) is 18.5. The van der Waals surface area contributed by atoms with E-state index in [-0.39, 0.29) is 12.4 Å². The number of benzene rings is 1. The molecule has 0 saturated heterocycles. The second-order valence-electron chi connectivity index (χ2n) is 4.21. The average Bonchev–Trinajstić information content (AvgIpc) is 2.48. The van der Waals surface area contributed by atoms with Gasteiger partial charge in [-0.05, 0) is 23.8 Å². The van der Waals surface area contributed by atoms with E-state index in [2.05, 4.69) is 14.7 Å². The van der Waals surface area contributed by atoms with Crippen molar-refractivity contribution in [2.24, 2.45) is 10.7 Å². The van der Waals surface area contributed by atoms with E-state index in [1.807, 2.05) is 0 Å². The molecule has 1 amide bonds. The fourth-order valence-corrected chi connectivity index (χ4v) is 1.88. The molecule has 0 spiro atoms. The molecule has 5 nitrogen and oxygen atoms in total. The zero-order chi connectivity index (χ0) is 15.2. The minimum Gasteiger partial charge on any atom is -0.443 e. The molecule has 2 aromatic rings. The highest BCUT2D eigenvalue weighted by atomic mass is 19.1. The number of pyridine rings is 1. The molecule has 0 bridgehead atoms. The summed E-state index contributed by atoms with van der Waals surface area (Å²) in [6.07, 6.45) is 2.30. The first kappa shape index (κ1) is 14.6. The molecule has 0 saturated carbocycles. The molecule has 108 valence electrons. The van der Waals surface area contributed by atoms with Gasteiger partial charge in [0.1, 0.15) is 12.4 Å². The lowest BCUT2D eigenvalue weighted by Gasteiger charge is -2.09. The van der Waals surface area contributed by atoms with Crippen molar-refractivity contribution >= 4 is 11.8 Å². The summed E-state index contributed by atoms with van der Waals surface area (Å²) in [5, 5.41) is 0. The van der Waals surface area contributed by atoms with Gasteiger partial charge in [0.2, 0.25) is 0 Å². The molecule has 1 aromatic heterocycles. The fraction of sp³-hybridized carbons (Fsp3) is 0.133. The zero-order valence-electron chi connectivity index (χ0n) is 11.4. The number of aliphatic imine (C=N–C) groups is 1. The molecular weight excluding hydrogens is 273 g/mol. The van der Waals surface area contributed by atoms with Crippen molar-refractivity contribution in [2.75, 3.05) is 13.7 Å².